The molecule has 7 heteroatoms. The number of amides is 1. The smallest absolute Gasteiger partial charge is 0.340 e. The molecule has 1 aromatic rings. The van der Waals surface area contributed by atoms with Crippen LogP contribution in [0, 0.1) is 5.92 Å². The van der Waals surface area contributed by atoms with Crippen molar-refractivity contribution in [3.8, 4) is 0 Å². The summed E-state index contributed by atoms with van der Waals surface area (Å²) >= 11 is 0. The molecule has 0 aromatic heterocycles. The molecule has 2 N–H and O–H groups in total. The van der Waals surface area contributed by atoms with E-state index in [1.54, 1.807) is 12.1 Å². The summed E-state index contributed by atoms with van der Waals surface area (Å²) in [4.78, 5) is 27.1. The highest BCUT2D eigenvalue weighted by molar-refractivity contribution is 6.02. The van der Waals surface area contributed by atoms with Crippen LogP contribution in [-0.4, -0.2) is 57.4 Å². The lowest BCUT2D eigenvalue weighted by Crippen LogP contribution is -2.39. The number of rotatable bonds is 5. The third-order valence-corrected chi connectivity index (χ3v) is 6.10. The van der Waals surface area contributed by atoms with Crippen LogP contribution in [0.15, 0.2) is 18.2 Å². The van der Waals surface area contributed by atoms with Crippen LogP contribution in [-0.2, 0) is 14.3 Å². The van der Waals surface area contributed by atoms with Crippen LogP contribution in [0.1, 0.15) is 42.5 Å². The highest BCUT2D eigenvalue weighted by Crippen LogP contribution is 2.33. The second-order valence-corrected chi connectivity index (χ2v) is 8.05. The monoisotopic (exact) mass is 387 g/mol. The predicted molar refractivity (Wildman–Crippen MR) is 107 cm³/mol. The molecule has 7 nitrogen and oxygen atoms in total. The van der Waals surface area contributed by atoms with E-state index in [4.69, 9.17) is 9.47 Å². The summed E-state index contributed by atoms with van der Waals surface area (Å²) in [6.45, 7) is 2.91. The summed E-state index contributed by atoms with van der Waals surface area (Å²) in [5, 5.41) is 6.56. The number of morpholine rings is 1. The lowest BCUT2D eigenvalue weighted by molar-refractivity contribution is -0.117. The molecule has 1 aromatic carbocycles. The average Bonchev–Trinajstić information content (AvgIpc) is 3.06. The largest absolute Gasteiger partial charge is 0.465 e. The van der Waals surface area contributed by atoms with Crippen LogP contribution in [0.4, 0.5) is 11.4 Å². The Bertz CT molecular complexity index is 720. The molecular formula is C21H29N3O4. The summed E-state index contributed by atoms with van der Waals surface area (Å²) in [6.07, 6.45) is 5.06. The van der Waals surface area contributed by atoms with E-state index in [-0.39, 0.29) is 5.91 Å². The number of esters is 1. The fraction of sp³-hybridized carbons (Fsp3) is 0.619. The molecule has 0 aliphatic carbocycles. The molecule has 2 atom stereocenters. The first-order chi connectivity index (χ1) is 13.6. The van der Waals surface area contributed by atoms with Gasteiger partial charge in [0.05, 0.1) is 31.6 Å². The fourth-order valence-electron chi connectivity index (χ4n) is 4.74. The zero-order chi connectivity index (χ0) is 19.5. The fourth-order valence-corrected chi connectivity index (χ4v) is 4.74. The van der Waals surface area contributed by atoms with Gasteiger partial charge in [0, 0.05) is 37.3 Å². The van der Waals surface area contributed by atoms with Crippen molar-refractivity contribution in [3.63, 3.8) is 0 Å². The van der Waals surface area contributed by atoms with Gasteiger partial charge in [0.15, 0.2) is 0 Å². The number of hydrogen-bond acceptors (Lipinski definition) is 6. The number of anilines is 2. The van der Waals surface area contributed by atoms with Crippen LogP contribution in [0.3, 0.4) is 0 Å². The minimum atomic E-state index is -0.440. The Hall–Kier alpha value is -2.12. The zero-order valence-electron chi connectivity index (χ0n) is 16.4. The van der Waals surface area contributed by atoms with Gasteiger partial charge in [-0.15, -0.1) is 0 Å². The van der Waals surface area contributed by atoms with E-state index in [1.165, 1.54) is 20.0 Å². The van der Waals surface area contributed by atoms with Crippen molar-refractivity contribution in [3.05, 3.63) is 23.8 Å². The highest BCUT2D eigenvalue weighted by Gasteiger charge is 2.34. The predicted octanol–water partition coefficient (Wildman–Crippen LogP) is 2.17. The SMILES string of the molecule is COC(=O)c1cc(N2CCOCC2)ccc1NC(=O)CC1CC2CCC(C1)N2. The van der Waals surface area contributed by atoms with Gasteiger partial charge in [-0.05, 0) is 49.8 Å². The van der Waals surface area contributed by atoms with Gasteiger partial charge in [-0.3, -0.25) is 4.79 Å². The van der Waals surface area contributed by atoms with Crippen molar-refractivity contribution in [1.82, 2.24) is 5.32 Å². The Labute approximate surface area is 165 Å². The molecule has 0 radical (unpaired) electrons. The lowest BCUT2D eigenvalue weighted by Gasteiger charge is -2.29. The minimum Gasteiger partial charge on any atom is -0.465 e. The molecule has 1 amide bonds. The van der Waals surface area contributed by atoms with Crippen LogP contribution in [0.25, 0.3) is 0 Å². The summed E-state index contributed by atoms with van der Waals surface area (Å²) in [5.74, 6) is -0.0613. The summed E-state index contributed by atoms with van der Waals surface area (Å²) in [5.41, 5.74) is 1.85. The number of methoxy groups -OCH3 is 1. The van der Waals surface area contributed by atoms with Crippen molar-refractivity contribution in [2.24, 2.45) is 5.92 Å². The number of benzene rings is 1. The van der Waals surface area contributed by atoms with Gasteiger partial charge in [-0.25, -0.2) is 4.79 Å². The molecule has 2 unspecified atom stereocenters. The third-order valence-electron chi connectivity index (χ3n) is 6.10. The molecule has 152 valence electrons. The van der Waals surface area contributed by atoms with Gasteiger partial charge in [0.1, 0.15) is 0 Å². The summed E-state index contributed by atoms with van der Waals surface area (Å²) in [7, 11) is 1.36. The first kappa shape index (κ1) is 19.2. The molecule has 3 aliphatic rings. The van der Waals surface area contributed by atoms with E-state index in [1.807, 2.05) is 6.07 Å². The van der Waals surface area contributed by atoms with Crippen molar-refractivity contribution in [2.45, 2.75) is 44.2 Å². The Morgan fingerprint density at radius 2 is 1.93 bits per heavy atom. The summed E-state index contributed by atoms with van der Waals surface area (Å²) in [6, 6.07) is 6.68. The second kappa shape index (κ2) is 8.49. The van der Waals surface area contributed by atoms with Gasteiger partial charge in [-0.1, -0.05) is 0 Å². The van der Waals surface area contributed by atoms with E-state index < -0.39 is 5.97 Å². The van der Waals surface area contributed by atoms with Crippen LogP contribution in [0.5, 0.6) is 0 Å². The van der Waals surface area contributed by atoms with E-state index in [0.29, 0.717) is 48.9 Å². The number of carbonyl (C=O) groups is 2. The topological polar surface area (TPSA) is 79.9 Å². The quantitative estimate of drug-likeness (QED) is 0.754. The first-order valence-corrected chi connectivity index (χ1v) is 10.2. The van der Waals surface area contributed by atoms with Crippen molar-refractivity contribution in [1.29, 1.82) is 0 Å². The maximum absolute atomic E-state index is 12.7. The first-order valence-electron chi connectivity index (χ1n) is 10.2. The highest BCUT2D eigenvalue weighted by atomic mass is 16.5. The van der Waals surface area contributed by atoms with Crippen LogP contribution >= 0.6 is 0 Å². The van der Waals surface area contributed by atoms with Gasteiger partial charge in [0.25, 0.3) is 0 Å². The van der Waals surface area contributed by atoms with Crippen molar-refractivity contribution in [2.75, 3.05) is 43.6 Å². The zero-order valence-corrected chi connectivity index (χ0v) is 16.4. The summed E-state index contributed by atoms with van der Waals surface area (Å²) < 4.78 is 10.3. The maximum Gasteiger partial charge on any atom is 0.340 e. The molecule has 0 spiro atoms. The molecule has 3 heterocycles. The van der Waals surface area contributed by atoms with Crippen LogP contribution < -0.4 is 15.5 Å². The molecule has 3 aliphatic heterocycles. The molecule has 28 heavy (non-hydrogen) atoms. The minimum absolute atomic E-state index is 0.0319. The third kappa shape index (κ3) is 4.31. The van der Waals surface area contributed by atoms with Gasteiger partial charge < -0.3 is 25.0 Å². The maximum atomic E-state index is 12.7. The van der Waals surface area contributed by atoms with Gasteiger partial charge in [0.2, 0.25) is 5.91 Å². The number of hydrogen-bond donors (Lipinski definition) is 2. The van der Waals surface area contributed by atoms with Gasteiger partial charge >= 0.3 is 5.97 Å². The molecule has 3 saturated heterocycles. The normalized spacial score (nSPS) is 26.8. The Morgan fingerprint density at radius 3 is 2.61 bits per heavy atom. The Morgan fingerprint density at radius 1 is 1.21 bits per heavy atom. The Balaban J connectivity index is 1.45. The van der Waals surface area contributed by atoms with Crippen LogP contribution in [0.2, 0.25) is 0 Å². The van der Waals surface area contributed by atoms with Crippen molar-refractivity contribution >= 4 is 23.3 Å². The van der Waals surface area contributed by atoms with E-state index >= 15 is 0 Å². The lowest BCUT2D eigenvalue weighted by atomic mass is 9.89. The number of nitrogens with zero attached hydrogens (tertiary/aromatic N) is 1. The molecule has 2 bridgehead atoms. The van der Waals surface area contributed by atoms with Gasteiger partial charge in [-0.2, -0.15) is 0 Å². The number of ether oxygens (including phenoxy) is 2. The average molecular weight is 387 g/mol. The van der Waals surface area contributed by atoms with E-state index in [2.05, 4.69) is 15.5 Å². The van der Waals surface area contributed by atoms with E-state index in [9.17, 15) is 9.59 Å². The number of piperidine rings is 1. The Kier molecular flexibility index (Phi) is 5.82. The standard InChI is InChI=1S/C21H29N3O4/c1-27-21(26)18-13-17(24-6-8-28-9-7-24)4-5-19(18)23-20(25)12-14-10-15-2-3-16(11-14)22-15/h4-5,13-16,22H,2-3,6-12H2,1H3,(H,23,25). The molecule has 3 fully saturated rings. The second-order valence-electron chi connectivity index (χ2n) is 8.05. The van der Waals surface area contributed by atoms with E-state index in [0.717, 1.165) is 31.6 Å². The van der Waals surface area contributed by atoms with Crippen molar-refractivity contribution < 1.29 is 19.1 Å². The molecule has 4 rings (SSSR count). The number of carbonyl (C=O) groups excluding carboxylic acids is 2. The number of fused-ring (bicyclic) bond motifs is 2. The molecule has 0 saturated carbocycles. The molecular weight excluding hydrogens is 358 g/mol. The number of nitrogens with one attached hydrogen (secondary N) is 2.